The number of rotatable bonds is 2. The lowest BCUT2D eigenvalue weighted by Crippen LogP contribution is -1.97. The molecule has 0 heterocycles. The summed E-state index contributed by atoms with van der Waals surface area (Å²) in [4.78, 5) is 0. The van der Waals surface area contributed by atoms with Crippen molar-refractivity contribution in [3.63, 3.8) is 0 Å². The van der Waals surface area contributed by atoms with Crippen molar-refractivity contribution in [1.29, 1.82) is 0 Å². The zero-order valence-electron chi connectivity index (χ0n) is 9.85. The van der Waals surface area contributed by atoms with Crippen molar-refractivity contribution in [3.05, 3.63) is 65.5 Å². The molecular formula is C14H9Br3Cl2. The quantitative estimate of drug-likeness (QED) is 0.391. The molecule has 2 aromatic rings. The van der Waals surface area contributed by atoms with Gasteiger partial charge in [-0.05, 0) is 47.9 Å². The molecule has 0 aliphatic heterocycles. The van der Waals surface area contributed by atoms with Gasteiger partial charge >= 0.3 is 0 Å². The van der Waals surface area contributed by atoms with Crippen molar-refractivity contribution in [2.45, 2.75) is 12.3 Å². The van der Waals surface area contributed by atoms with E-state index in [2.05, 4.69) is 47.8 Å². The van der Waals surface area contributed by atoms with Crippen LogP contribution in [0.15, 0.2) is 43.7 Å². The van der Waals surface area contributed by atoms with Crippen LogP contribution in [0.1, 0.15) is 22.1 Å². The minimum Gasteiger partial charge on any atom is -0.112 e. The third-order valence-electron chi connectivity index (χ3n) is 2.79. The first-order valence-electron chi connectivity index (χ1n) is 5.44. The number of halogens is 5. The van der Waals surface area contributed by atoms with Crippen LogP contribution in [0.25, 0.3) is 0 Å². The molecule has 0 N–H and O–H groups in total. The van der Waals surface area contributed by atoms with Crippen LogP contribution in [-0.2, 0) is 0 Å². The lowest BCUT2D eigenvalue weighted by atomic mass is 10.0. The smallest absolute Gasteiger partial charge is 0.0861 e. The van der Waals surface area contributed by atoms with Crippen molar-refractivity contribution < 1.29 is 0 Å². The van der Waals surface area contributed by atoms with E-state index in [4.69, 9.17) is 23.2 Å². The van der Waals surface area contributed by atoms with Crippen LogP contribution in [-0.4, -0.2) is 0 Å². The lowest BCUT2D eigenvalue weighted by molar-refractivity contribution is 1.12. The van der Waals surface area contributed by atoms with Crippen molar-refractivity contribution in [2.24, 2.45) is 0 Å². The molecular weight excluding hydrogens is 479 g/mol. The molecule has 0 aliphatic carbocycles. The van der Waals surface area contributed by atoms with Gasteiger partial charge in [-0.1, -0.05) is 65.5 Å². The molecule has 1 atom stereocenters. The second-order valence-electron chi connectivity index (χ2n) is 4.15. The highest BCUT2D eigenvalue weighted by Crippen LogP contribution is 2.39. The standard InChI is InChI=1S/C14H9Br3Cl2/c1-7-4-12(17)10(6-11(7)16)14(19)9-3-2-8(15)5-13(9)18/h2-6,14H,1H3. The second kappa shape index (κ2) is 6.48. The second-order valence-corrected chi connectivity index (χ2v) is 7.62. The molecule has 5 heteroatoms. The Morgan fingerprint density at radius 1 is 0.947 bits per heavy atom. The molecule has 100 valence electrons. The summed E-state index contributed by atoms with van der Waals surface area (Å²) in [5.74, 6) is 0. The Morgan fingerprint density at radius 2 is 1.63 bits per heavy atom. The summed E-state index contributed by atoms with van der Waals surface area (Å²) in [6, 6.07) is 9.79. The highest BCUT2D eigenvalue weighted by molar-refractivity contribution is 9.11. The summed E-state index contributed by atoms with van der Waals surface area (Å²) >= 11 is 23.3. The summed E-state index contributed by atoms with van der Waals surface area (Å²) in [5.41, 5.74) is 3.03. The fourth-order valence-corrected chi connectivity index (χ4v) is 4.12. The molecule has 0 fully saturated rings. The topological polar surface area (TPSA) is 0 Å². The Balaban J connectivity index is 2.49. The van der Waals surface area contributed by atoms with Gasteiger partial charge in [0.15, 0.2) is 0 Å². The molecule has 0 radical (unpaired) electrons. The molecule has 0 aromatic heterocycles. The van der Waals surface area contributed by atoms with Crippen LogP contribution in [0.4, 0.5) is 0 Å². The average molecular weight is 488 g/mol. The average Bonchev–Trinajstić information content (AvgIpc) is 2.33. The summed E-state index contributed by atoms with van der Waals surface area (Å²) < 4.78 is 2.95. The van der Waals surface area contributed by atoms with Crippen molar-refractivity contribution in [1.82, 2.24) is 0 Å². The minimum absolute atomic E-state index is 0.299. The maximum Gasteiger partial charge on any atom is 0.0861 e. The molecule has 0 bridgehead atoms. The zero-order valence-corrected chi connectivity index (χ0v) is 16.1. The first kappa shape index (κ1) is 15.8. The minimum atomic E-state index is -0.299. The Hall–Kier alpha value is 0.460. The Bertz CT molecular complexity index is 626. The molecule has 0 saturated heterocycles. The van der Waals surface area contributed by atoms with Gasteiger partial charge in [0.1, 0.15) is 0 Å². The van der Waals surface area contributed by atoms with Crippen molar-refractivity contribution in [2.75, 3.05) is 0 Å². The van der Waals surface area contributed by atoms with E-state index >= 15 is 0 Å². The van der Waals surface area contributed by atoms with E-state index in [-0.39, 0.29) is 5.38 Å². The van der Waals surface area contributed by atoms with E-state index in [9.17, 15) is 0 Å². The number of benzene rings is 2. The Labute approximate surface area is 147 Å². The van der Waals surface area contributed by atoms with Crippen LogP contribution in [0, 0.1) is 6.92 Å². The number of aryl methyl sites for hydroxylation is 1. The number of alkyl halides is 1. The molecule has 0 amide bonds. The first-order chi connectivity index (χ1) is 8.90. The highest BCUT2D eigenvalue weighted by atomic mass is 79.9. The molecule has 0 nitrogen and oxygen atoms in total. The molecule has 0 aliphatic rings. The van der Waals surface area contributed by atoms with E-state index in [0.717, 1.165) is 30.1 Å². The molecule has 0 saturated carbocycles. The van der Waals surface area contributed by atoms with Gasteiger partial charge in [-0.25, -0.2) is 0 Å². The van der Waals surface area contributed by atoms with E-state index in [1.807, 2.05) is 37.3 Å². The maximum atomic E-state index is 6.57. The Morgan fingerprint density at radius 3 is 2.26 bits per heavy atom. The molecule has 0 spiro atoms. The number of hydrogen-bond donors (Lipinski definition) is 0. The lowest BCUT2D eigenvalue weighted by Gasteiger charge is -2.15. The normalized spacial score (nSPS) is 12.5. The Kier molecular flexibility index (Phi) is 5.41. The fourth-order valence-electron chi connectivity index (χ4n) is 1.73. The molecule has 2 rings (SSSR count). The van der Waals surface area contributed by atoms with Gasteiger partial charge in [0.25, 0.3) is 0 Å². The molecule has 2 aromatic carbocycles. The first-order valence-corrected chi connectivity index (χ1v) is 8.64. The highest BCUT2D eigenvalue weighted by Gasteiger charge is 2.18. The van der Waals surface area contributed by atoms with E-state index in [1.54, 1.807) is 0 Å². The van der Waals surface area contributed by atoms with E-state index < -0.39 is 0 Å². The summed E-state index contributed by atoms with van der Waals surface area (Å²) in [5, 5.41) is 0.352. The van der Waals surface area contributed by atoms with E-state index in [1.165, 1.54) is 0 Å². The van der Waals surface area contributed by atoms with Crippen LogP contribution >= 0.6 is 71.0 Å². The largest absolute Gasteiger partial charge is 0.112 e. The predicted octanol–water partition coefficient (Wildman–Crippen LogP) is 7.26. The third-order valence-corrected chi connectivity index (χ3v) is 5.62. The zero-order chi connectivity index (χ0) is 14.2. The summed E-state index contributed by atoms with van der Waals surface area (Å²) in [7, 11) is 0. The summed E-state index contributed by atoms with van der Waals surface area (Å²) in [6.45, 7) is 2.04. The van der Waals surface area contributed by atoms with Crippen LogP contribution in [0.3, 0.4) is 0 Å². The number of hydrogen-bond acceptors (Lipinski definition) is 0. The van der Waals surface area contributed by atoms with Crippen LogP contribution < -0.4 is 0 Å². The molecule has 1 unspecified atom stereocenters. The van der Waals surface area contributed by atoms with Gasteiger partial charge in [-0.3, -0.25) is 0 Å². The maximum absolute atomic E-state index is 6.57. The molecule has 19 heavy (non-hydrogen) atoms. The van der Waals surface area contributed by atoms with E-state index in [0.29, 0.717) is 5.02 Å². The van der Waals surface area contributed by atoms with Gasteiger partial charge in [0, 0.05) is 18.4 Å². The van der Waals surface area contributed by atoms with Crippen LogP contribution in [0.2, 0.25) is 5.02 Å². The predicted molar refractivity (Wildman–Crippen MR) is 93.4 cm³/mol. The van der Waals surface area contributed by atoms with Crippen molar-refractivity contribution in [3.8, 4) is 0 Å². The van der Waals surface area contributed by atoms with Crippen LogP contribution in [0.5, 0.6) is 0 Å². The van der Waals surface area contributed by atoms with Gasteiger partial charge < -0.3 is 0 Å². The third kappa shape index (κ3) is 3.56. The van der Waals surface area contributed by atoms with Gasteiger partial charge in [-0.2, -0.15) is 0 Å². The van der Waals surface area contributed by atoms with Crippen molar-refractivity contribution >= 4 is 71.0 Å². The van der Waals surface area contributed by atoms with Gasteiger partial charge in [-0.15, -0.1) is 11.6 Å². The summed E-state index contributed by atoms with van der Waals surface area (Å²) in [6.07, 6.45) is 0. The fraction of sp³-hybridized carbons (Fsp3) is 0.143. The SMILES string of the molecule is Cc1cc(Br)c(C(Cl)c2ccc(Br)cc2Cl)cc1Br. The van der Waals surface area contributed by atoms with Gasteiger partial charge in [0.2, 0.25) is 0 Å². The van der Waals surface area contributed by atoms with Gasteiger partial charge in [0.05, 0.1) is 5.38 Å². The monoisotopic (exact) mass is 484 g/mol.